The van der Waals surface area contributed by atoms with E-state index in [1.54, 1.807) is 0 Å². The van der Waals surface area contributed by atoms with Crippen LogP contribution in [0.2, 0.25) is 0 Å². The molecule has 0 unspecified atom stereocenters. The molecule has 0 heterocycles. The average molecular weight is 352 g/mol. The number of rotatable bonds is 9. The zero-order valence-electron chi connectivity index (χ0n) is 16.1. The topological polar surface area (TPSA) is 3.24 Å². The maximum absolute atomic E-state index is 4.25. The molecule has 0 saturated heterocycles. The highest BCUT2D eigenvalue weighted by Crippen LogP contribution is 2.33. The van der Waals surface area contributed by atoms with Crippen LogP contribution in [0.3, 0.4) is 0 Å². The minimum Gasteiger partial charge on any atom is -0.306 e. The Kier molecular flexibility index (Phi) is 9.37. The predicted octanol–water partition coefficient (Wildman–Crippen LogP) is 6.83. The van der Waals surface area contributed by atoms with Crippen molar-refractivity contribution >= 4 is 5.57 Å². The van der Waals surface area contributed by atoms with E-state index in [4.69, 9.17) is 0 Å². The van der Waals surface area contributed by atoms with E-state index >= 15 is 0 Å². The van der Waals surface area contributed by atoms with Crippen molar-refractivity contribution in [3.63, 3.8) is 0 Å². The van der Waals surface area contributed by atoms with Crippen molar-refractivity contribution in [3.8, 4) is 0 Å². The van der Waals surface area contributed by atoms with Gasteiger partial charge >= 0.3 is 0 Å². The fraction of sp³-hybridized carbons (Fsp3) is 0.440. The van der Waals surface area contributed by atoms with Gasteiger partial charge in [-0.1, -0.05) is 70.0 Å². The first kappa shape index (κ1) is 22.2. The molecule has 0 aliphatic heterocycles. The number of allylic oxidation sites excluding steroid dienone is 4. The summed E-state index contributed by atoms with van der Waals surface area (Å²) in [6.45, 7) is 17.1. The molecule has 0 atom stereocenters. The number of hydrogen-bond donors (Lipinski definition) is 0. The Labute approximate surface area is 161 Å². The Morgan fingerprint density at radius 3 is 2.42 bits per heavy atom. The second-order valence-electron chi connectivity index (χ2n) is 7.24. The molecule has 1 heteroatoms. The van der Waals surface area contributed by atoms with Gasteiger partial charge in [-0.15, -0.1) is 0 Å². The van der Waals surface area contributed by atoms with Crippen molar-refractivity contribution in [1.29, 1.82) is 0 Å². The fourth-order valence-electron chi connectivity index (χ4n) is 3.29. The van der Waals surface area contributed by atoms with Gasteiger partial charge in [0.1, 0.15) is 0 Å². The van der Waals surface area contributed by atoms with Gasteiger partial charge in [0.05, 0.1) is 0 Å². The second-order valence-corrected chi connectivity index (χ2v) is 7.24. The highest BCUT2D eigenvalue weighted by molar-refractivity contribution is 5.83. The molecule has 1 aromatic carbocycles. The van der Waals surface area contributed by atoms with Crippen LogP contribution in [-0.2, 0) is 6.42 Å². The Morgan fingerprint density at radius 2 is 1.77 bits per heavy atom. The molecule has 26 heavy (non-hydrogen) atoms. The van der Waals surface area contributed by atoms with Gasteiger partial charge in [0.2, 0.25) is 0 Å². The SMILES string of the molecule is C.C=C(CCc1ccc(C2=CCCC(=C)C2=C)cc1)CCN(C)CCC. The van der Waals surface area contributed by atoms with E-state index in [1.807, 2.05) is 0 Å². The maximum Gasteiger partial charge on any atom is 0.00154 e. The molecule has 0 saturated carbocycles. The zero-order valence-corrected chi connectivity index (χ0v) is 16.1. The number of aryl methyl sites for hydroxylation is 1. The van der Waals surface area contributed by atoms with Crippen LogP contribution >= 0.6 is 0 Å². The quantitative estimate of drug-likeness (QED) is 0.441. The van der Waals surface area contributed by atoms with Crippen LogP contribution in [0.5, 0.6) is 0 Å². The van der Waals surface area contributed by atoms with Gasteiger partial charge in [-0.3, -0.25) is 0 Å². The van der Waals surface area contributed by atoms with Gasteiger partial charge in [0, 0.05) is 6.54 Å². The minimum atomic E-state index is 0. The largest absolute Gasteiger partial charge is 0.306 e. The monoisotopic (exact) mass is 351 g/mol. The molecule has 0 spiro atoms. The number of benzene rings is 1. The van der Waals surface area contributed by atoms with Crippen LogP contribution in [0.1, 0.15) is 57.6 Å². The lowest BCUT2D eigenvalue weighted by molar-refractivity contribution is 0.338. The highest BCUT2D eigenvalue weighted by atomic mass is 15.1. The maximum atomic E-state index is 4.25. The molecule has 0 aromatic heterocycles. The van der Waals surface area contributed by atoms with Crippen molar-refractivity contribution in [3.05, 3.63) is 77.9 Å². The molecule has 1 aliphatic carbocycles. The van der Waals surface area contributed by atoms with Crippen LogP contribution in [0.15, 0.2) is 66.8 Å². The lowest BCUT2D eigenvalue weighted by atomic mass is 9.86. The number of hydrogen-bond acceptors (Lipinski definition) is 1. The number of nitrogens with zero attached hydrogens (tertiary/aromatic N) is 1. The molecule has 0 N–H and O–H groups in total. The Hall–Kier alpha value is -1.86. The summed E-state index contributed by atoms with van der Waals surface area (Å²) in [5, 5.41) is 0. The first-order valence-corrected chi connectivity index (χ1v) is 9.53. The molecule has 2 rings (SSSR count). The van der Waals surface area contributed by atoms with Gasteiger partial charge in [0.15, 0.2) is 0 Å². The summed E-state index contributed by atoms with van der Waals surface area (Å²) < 4.78 is 0. The molecule has 0 fully saturated rings. The molecule has 0 bridgehead atoms. The molecule has 1 aliphatic rings. The van der Waals surface area contributed by atoms with Gasteiger partial charge < -0.3 is 4.90 Å². The molecule has 0 radical (unpaired) electrons. The summed E-state index contributed by atoms with van der Waals surface area (Å²) in [5.74, 6) is 0. The lowest BCUT2D eigenvalue weighted by Gasteiger charge is -2.19. The van der Waals surface area contributed by atoms with E-state index in [-0.39, 0.29) is 7.43 Å². The summed E-state index contributed by atoms with van der Waals surface area (Å²) in [4.78, 5) is 2.39. The smallest absolute Gasteiger partial charge is 0.00154 e. The van der Waals surface area contributed by atoms with Crippen molar-refractivity contribution < 1.29 is 0 Å². The fourth-order valence-corrected chi connectivity index (χ4v) is 3.29. The summed E-state index contributed by atoms with van der Waals surface area (Å²) in [7, 11) is 2.19. The third-order valence-electron chi connectivity index (χ3n) is 5.03. The summed E-state index contributed by atoms with van der Waals surface area (Å²) in [6.07, 6.45) is 8.86. The molecule has 142 valence electrons. The minimum absolute atomic E-state index is 0. The summed E-state index contributed by atoms with van der Waals surface area (Å²) >= 11 is 0. The van der Waals surface area contributed by atoms with Crippen LogP contribution < -0.4 is 0 Å². The predicted molar refractivity (Wildman–Crippen MR) is 119 cm³/mol. The zero-order chi connectivity index (χ0) is 18.2. The van der Waals surface area contributed by atoms with E-state index in [2.05, 4.69) is 68.9 Å². The summed E-state index contributed by atoms with van der Waals surface area (Å²) in [5.41, 5.74) is 7.52. The highest BCUT2D eigenvalue weighted by Gasteiger charge is 2.13. The Bertz CT molecular complexity index is 645. The Morgan fingerprint density at radius 1 is 1.08 bits per heavy atom. The third-order valence-corrected chi connectivity index (χ3v) is 5.03. The first-order chi connectivity index (χ1) is 12.0. The van der Waals surface area contributed by atoms with Gasteiger partial charge in [0.25, 0.3) is 0 Å². The van der Waals surface area contributed by atoms with Crippen LogP contribution in [0.25, 0.3) is 5.57 Å². The third kappa shape index (κ3) is 6.46. The van der Waals surface area contributed by atoms with E-state index in [0.717, 1.165) is 44.2 Å². The van der Waals surface area contributed by atoms with Crippen LogP contribution in [-0.4, -0.2) is 25.0 Å². The lowest BCUT2D eigenvalue weighted by Crippen LogP contribution is -2.20. The van der Waals surface area contributed by atoms with Crippen LogP contribution in [0, 0.1) is 0 Å². The molecule has 1 aromatic rings. The molecule has 1 nitrogen and oxygen atoms in total. The van der Waals surface area contributed by atoms with Gasteiger partial charge in [-0.2, -0.15) is 0 Å². The van der Waals surface area contributed by atoms with E-state index in [9.17, 15) is 0 Å². The average Bonchev–Trinajstić information content (AvgIpc) is 2.61. The van der Waals surface area contributed by atoms with Gasteiger partial charge in [-0.25, -0.2) is 0 Å². The first-order valence-electron chi connectivity index (χ1n) is 9.53. The molecular formula is C25H37N. The van der Waals surface area contributed by atoms with Gasteiger partial charge in [-0.05, 0) is 80.0 Å². The summed E-state index contributed by atoms with van der Waals surface area (Å²) in [6, 6.07) is 8.94. The van der Waals surface area contributed by atoms with Crippen LogP contribution in [0.4, 0.5) is 0 Å². The standard InChI is InChI=1S/C24H33N.CH4/c1-6-17-25(5)18-16-19(2)10-11-22-12-14-23(15-13-22)24-9-7-8-20(3)21(24)4;/h9,12-15H,2-4,6-8,10-11,16-18H2,1,5H3;1H4. The molecular weight excluding hydrogens is 314 g/mol. The van der Waals surface area contributed by atoms with Crippen molar-refractivity contribution in [2.75, 3.05) is 20.1 Å². The second kappa shape index (κ2) is 11.0. The van der Waals surface area contributed by atoms with Crippen molar-refractivity contribution in [2.45, 2.75) is 52.9 Å². The van der Waals surface area contributed by atoms with Crippen molar-refractivity contribution in [1.82, 2.24) is 4.90 Å². The van der Waals surface area contributed by atoms with E-state index < -0.39 is 0 Å². The van der Waals surface area contributed by atoms with E-state index in [0.29, 0.717) is 0 Å². The Balaban J connectivity index is 0.00000338. The molecule has 0 amide bonds. The normalized spacial score (nSPS) is 14.2. The van der Waals surface area contributed by atoms with Crippen molar-refractivity contribution in [2.24, 2.45) is 0 Å². The van der Waals surface area contributed by atoms with E-state index in [1.165, 1.54) is 40.8 Å².